The monoisotopic (exact) mass is 453 g/mol. The van der Waals surface area contributed by atoms with E-state index in [1.165, 1.54) is 11.3 Å². The zero-order chi connectivity index (χ0) is 21.1. The number of hydrogen-bond acceptors (Lipinski definition) is 5. The summed E-state index contributed by atoms with van der Waals surface area (Å²) in [4.78, 5) is 25.3. The summed E-state index contributed by atoms with van der Waals surface area (Å²) in [5.41, 5.74) is 3.44. The van der Waals surface area contributed by atoms with Crippen LogP contribution in [-0.2, 0) is 6.54 Å². The summed E-state index contributed by atoms with van der Waals surface area (Å²) in [6, 6.07) is 15.4. The number of anilines is 1. The molecular weight excluding hydrogens is 434 g/mol. The second-order valence-corrected chi connectivity index (χ2v) is 9.56. The second kappa shape index (κ2) is 9.16. The Morgan fingerprint density at radius 1 is 1.20 bits per heavy atom. The molecule has 0 saturated carbocycles. The molecule has 0 fully saturated rings. The van der Waals surface area contributed by atoms with Crippen molar-refractivity contribution < 1.29 is 4.79 Å². The van der Waals surface area contributed by atoms with E-state index in [-0.39, 0.29) is 5.91 Å². The number of amides is 1. The fourth-order valence-electron chi connectivity index (χ4n) is 3.17. The number of hydrogen-bond donors (Lipinski definition) is 0. The van der Waals surface area contributed by atoms with Crippen molar-refractivity contribution in [3.63, 3.8) is 0 Å². The summed E-state index contributed by atoms with van der Waals surface area (Å²) in [7, 11) is 0. The van der Waals surface area contributed by atoms with E-state index < -0.39 is 0 Å². The standard InChI is InChI=1S/C23H20ClN3OS2/c1-3-29-19-8-6-17(7-9-19)22(28)27(14-16-5-4-10-25-13-16)23-26-21-15(2)11-18(24)12-20(21)30-23/h4-13H,3,14H2,1-2H3. The van der Waals surface area contributed by atoms with Crippen molar-refractivity contribution in [3.8, 4) is 0 Å². The minimum absolute atomic E-state index is 0.0882. The van der Waals surface area contributed by atoms with Crippen molar-refractivity contribution in [2.75, 3.05) is 10.7 Å². The van der Waals surface area contributed by atoms with Crippen LogP contribution in [0.2, 0.25) is 5.02 Å². The van der Waals surface area contributed by atoms with Crippen molar-refractivity contribution in [1.82, 2.24) is 9.97 Å². The van der Waals surface area contributed by atoms with Crippen molar-refractivity contribution in [2.45, 2.75) is 25.3 Å². The maximum atomic E-state index is 13.5. The number of pyridine rings is 1. The molecule has 2 aromatic carbocycles. The van der Waals surface area contributed by atoms with E-state index in [1.54, 1.807) is 29.1 Å². The SMILES string of the molecule is CCSc1ccc(C(=O)N(Cc2cccnc2)c2nc3c(C)cc(Cl)cc3s2)cc1. The van der Waals surface area contributed by atoms with E-state index in [1.807, 2.05) is 55.5 Å². The minimum atomic E-state index is -0.0882. The molecule has 152 valence electrons. The average molecular weight is 454 g/mol. The number of nitrogens with zero attached hydrogens (tertiary/aromatic N) is 3. The Bertz CT molecular complexity index is 1180. The molecule has 0 aliphatic carbocycles. The molecule has 30 heavy (non-hydrogen) atoms. The number of rotatable bonds is 6. The fourth-order valence-corrected chi connectivity index (χ4v) is 5.25. The number of carbonyl (C=O) groups excluding carboxylic acids is 1. The van der Waals surface area contributed by atoms with Crippen LogP contribution in [0.15, 0.2) is 65.8 Å². The van der Waals surface area contributed by atoms with Gasteiger partial charge < -0.3 is 0 Å². The van der Waals surface area contributed by atoms with Gasteiger partial charge in [-0.15, -0.1) is 11.8 Å². The second-order valence-electron chi connectivity index (χ2n) is 6.78. The van der Waals surface area contributed by atoms with Gasteiger partial charge in [-0.1, -0.05) is 35.9 Å². The summed E-state index contributed by atoms with van der Waals surface area (Å²) in [5.74, 6) is 0.906. The number of fused-ring (bicyclic) bond motifs is 1. The summed E-state index contributed by atoms with van der Waals surface area (Å²) in [6.45, 7) is 4.49. The minimum Gasteiger partial charge on any atom is -0.279 e. The smallest absolute Gasteiger partial charge is 0.260 e. The number of aromatic nitrogens is 2. The first-order chi connectivity index (χ1) is 14.5. The predicted octanol–water partition coefficient (Wildman–Crippen LogP) is 6.61. The third-order valence-electron chi connectivity index (χ3n) is 4.59. The van der Waals surface area contributed by atoms with Gasteiger partial charge in [-0.2, -0.15) is 0 Å². The molecule has 0 N–H and O–H groups in total. The van der Waals surface area contributed by atoms with Gasteiger partial charge in [0.25, 0.3) is 5.91 Å². The maximum Gasteiger partial charge on any atom is 0.260 e. The van der Waals surface area contributed by atoms with Crippen LogP contribution in [0.3, 0.4) is 0 Å². The molecule has 2 aromatic heterocycles. The van der Waals surface area contributed by atoms with Gasteiger partial charge in [0.1, 0.15) is 0 Å². The fraction of sp³-hybridized carbons (Fsp3) is 0.174. The van der Waals surface area contributed by atoms with Gasteiger partial charge in [0, 0.05) is 27.9 Å². The van der Waals surface area contributed by atoms with Crippen LogP contribution in [0.1, 0.15) is 28.4 Å². The van der Waals surface area contributed by atoms with E-state index in [0.29, 0.717) is 22.3 Å². The third kappa shape index (κ3) is 4.51. The molecule has 0 aliphatic heterocycles. The molecule has 0 atom stereocenters. The third-order valence-corrected chi connectivity index (χ3v) is 6.73. The van der Waals surface area contributed by atoms with Gasteiger partial charge >= 0.3 is 0 Å². The average Bonchev–Trinajstić information content (AvgIpc) is 3.17. The van der Waals surface area contributed by atoms with Crippen molar-refractivity contribution in [3.05, 3.63) is 82.6 Å². The van der Waals surface area contributed by atoms with Crippen LogP contribution >= 0.6 is 34.7 Å². The highest BCUT2D eigenvalue weighted by atomic mass is 35.5. The highest BCUT2D eigenvalue weighted by molar-refractivity contribution is 7.99. The molecule has 0 aliphatic rings. The number of thioether (sulfide) groups is 1. The number of benzene rings is 2. The Morgan fingerprint density at radius 2 is 2.00 bits per heavy atom. The quantitative estimate of drug-likeness (QED) is 0.308. The van der Waals surface area contributed by atoms with Gasteiger partial charge in [0.05, 0.1) is 16.8 Å². The van der Waals surface area contributed by atoms with Gasteiger partial charge in [-0.3, -0.25) is 14.7 Å². The lowest BCUT2D eigenvalue weighted by Gasteiger charge is -2.20. The molecule has 1 amide bonds. The highest BCUT2D eigenvalue weighted by Gasteiger charge is 2.22. The Balaban J connectivity index is 1.74. The number of halogens is 1. The normalized spacial score (nSPS) is 11.0. The largest absolute Gasteiger partial charge is 0.279 e. The maximum absolute atomic E-state index is 13.5. The molecule has 4 rings (SSSR count). The summed E-state index contributed by atoms with van der Waals surface area (Å²) < 4.78 is 0.966. The van der Waals surface area contributed by atoms with Gasteiger partial charge in [-0.25, -0.2) is 4.98 Å². The van der Waals surface area contributed by atoms with Crippen molar-refractivity contribution >= 4 is 56.0 Å². The van der Waals surface area contributed by atoms with Crippen LogP contribution in [-0.4, -0.2) is 21.6 Å². The van der Waals surface area contributed by atoms with Gasteiger partial charge in [-0.05, 0) is 66.3 Å². The molecule has 7 heteroatoms. The predicted molar refractivity (Wildman–Crippen MR) is 127 cm³/mol. The van der Waals surface area contributed by atoms with Crippen molar-refractivity contribution in [1.29, 1.82) is 0 Å². The lowest BCUT2D eigenvalue weighted by molar-refractivity contribution is 0.0985. The summed E-state index contributed by atoms with van der Waals surface area (Å²) in [5, 5.41) is 1.32. The first kappa shape index (κ1) is 20.8. The Hall–Kier alpha value is -2.41. The molecule has 4 nitrogen and oxygen atoms in total. The molecule has 0 unspecified atom stereocenters. The Morgan fingerprint density at radius 3 is 2.70 bits per heavy atom. The van der Waals surface area contributed by atoms with Crippen LogP contribution in [0, 0.1) is 6.92 Å². The lowest BCUT2D eigenvalue weighted by Crippen LogP contribution is -2.30. The zero-order valence-corrected chi connectivity index (χ0v) is 19.0. The van der Waals surface area contributed by atoms with E-state index in [9.17, 15) is 4.79 Å². The summed E-state index contributed by atoms with van der Waals surface area (Å²) in [6.07, 6.45) is 3.50. The number of thiazole rings is 1. The zero-order valence-electron chi connectivity index (χ0n) is 16.6. The Kier molecular flexibility index (Phi) is 6.37. The molecule has 0 spiro atoms. The van der Waals surface area contributed by atoms with Crippen molar-refractivity contribution in [2.24, 2.45) is 0 Å². The molecule has 4 aromatic rings. The van der Waals surface area contributed by atoms with Gasteiger partial charge in [0.15, 0.2) is 5.13 Å². The summed E-state index contributed by atoms with van der Waals surface area (Å²) >= 11 is 9.45. The molecular formula is C23H20ClN3OS2. The highest BCUT2D eigenvalue weighted by Crippen LogP contribution is 2.34. The molecule has 0 bridgehead atoms. The lowest BCUT2D eigenvalue weighted by atomic mass is 10.2. The van der Waals surface area contributed by atoms with Crippen LogP contribution in [0.4, 0.5) is 5.13 Å². The molecule has 0 radical (unpaired) electrons. The molecule has 0 saturated heterocycles. The van der Waals surface area contributed by atoms with E-state index in [4.69, 9.17) is 16.6 Å². The first-order valence-electron chi connectivity index (χ1n) is 9.55. The number of carbonyl (C=O) groups is 1. The molecule has 2 heterocycles. The first-order valence-corrected chi connectivity index (χ1v) is 11.7. The van der Waals surface area contributed by atoms with Crippen LogP contribution in [0.25, 0.3) is 10.2 Å². The van der Waals surface area contributed by atoms with E-state index in [0.717, 1.165) is 32.0 Å². The Labute approximate surface area is 188 Å². The number of aryl methyl sites for hydroxylation is 1. The van der Waals surface area contributed by atoms with E-state index >= 15 is 0 Å². The topological polar surface area (TPSA) is 46.1 Å². The van der Waals surface area contributed by atoms with Crippen LogP contribution < -0.4 is 4.90 Å². The van der Waals surface area contributed by atoms with E-state index in [2.05, 4.69) is 11.9 Å². The van der Waals surface area contributed by atoms with Gasteiger partial charge in [0.2, 0.25) is 0 Å². The van der Waals surface area contributed by atoms with Crippen LogP contribution in [0.5, 0.6) is 0 Å².